The summed E-state index contributed by atoms with van der Waals surface area (Å²) in [7, 11) is 0. The van der Waals surface area contributed by atoms with Crippen LogP contribution in [0, 0.1) is 0 Å². The number of nitrogens with two attached hydrogens (primary N) is 1. The lowest BCUT2D eigenvalue weighted by atomic mass is 10.2. The summed E-state index contributed by atoms with van der Waals surface area (Å²) >= 11 is 0. The van der Waals surface area contributed by atoms with Crippen LogP contribution >= 0.6 is 0 Å². The first-order chi connectivity index (χ1) is 6.75. The second-order valence-corrected chi connectivity index (χ2v) is 3.86. The minimum Gasteiger partial charge on any atom is -0.324 e. The van der Waals surface area contributed by atoms with E-state index < -0.39 is 6.17 Å². The van der Waals surface area contributed by atoms with Gasteiger partial charge in [0.1, 0.15) is 6.17 Å². The summed E-state index contributed by atoms with van der Waals surface area (Å²) in [5, 5.41) is 0. The highest BCUT2D eigenvalue weighted by molar-refractivity contribution is 5.14. The van der Waals surface area contributed by atoms with Crippen LogP contribution in [-0.4, -0.2) is 30.2 Å². The van der Waals surface area contributed by atoms with Crippen LogP contribution in [0.25, 0.3) is 0 Å². The average molecular weight is 194 g/mol. The lowest BCUT2D eigenvalue weighted by molar-refractivity contribution is 0.280. The van der Waals surface area contributed by atoms with Gasteiger partial charge in [-0.25, -0.2) is 4.39 Å². The smallest absolute Gasteiger partial charge is 0.129 e. The molecule has 1 aliphatic rings. The maximum atomic E-state index is 13.1. The maximum absolute atomic E-state index is 13.1. The van der Waals surface area contributed by atoms with Crippen molar-refractivity contribution >= 4 is 0 Å². The summed E-state index contributed by atoms with van der Waals surface area (Å²) in [5.41, 5.74) is 6.82. The Bertz CT molecular complexity index is 279. The predicted molar refractivity (Wildman–Crippen MR) is 54.6 cm³/mol. The fourth-order valence-electron chi connectivity index (χ4n) is 1.84. The molecule has 1 heterocycles. The fourth-order valence-corrected chi connectivity index (χ4v) is 1.84. The molecule has 0 amide bonds. The van der Waals surface area contributed by atoms with Gasteiger partial charge in [0.2, 0.25) is 0 Å². The Balaban J connectivity index is 1.94. The number of nitrogens with zero attached hydrogens (tertiary/aromatic N) is 1. The Hall–Kier alpha value is -0.930. The van der Waals surface area contributed by atoms with Gasteiger partial charge in [-0.05, 0) is 5.56 Å². The Morgan fingerprint density at radius 2 is 2.00 bits per heavy atom. The average Bonchev–Trinajstić information content (AvgIpc) is 2.47. The van der Waals surface area contributed by atoms with E-state index in [4.69, 9.17) is 5.73 Å². The molecular weight excluding hydrogens is 179 g/mol. The minimum atomic E-state index is -0.862. The van der Waals surface area contributed by atoms with E-state index in [0.717, 1.165) is 6.54 Å². The topological polar surface area (TPSA) is 29.3 Å². The van der Waals surface area contributed by atoms with Crippen molar-refractivity contribution in [3.63, 3.8) is 0 Å². The van der Waals surface area contributed by atoms with Gasteiger partial charge >= 0.3 is 0 Å². The second-order valence-electron chi connectivity index (χ2n) is 3.86. The minimum absolute atomic E-state index is 0.307. The van der Waals surface area contributed by atoms with Gasteiger partial charge in [-0.15, -0.1) is 0 Å². The summed E-state index contributed by atoms with van der Waals surface area (Å²) in [5.74, 6) is 0. The van der Waals surface area contributed by atoms with E-state index in [2.05, 4.69) is 17.0 Å². The zero-order valence-electron chi connectivity index (χ0n) is 8.07. The molecule has 3 heteroatoms. The first kappa shape index (κ1) is 9.62. The van der Waals surface area contributed by atoms with E-state index in [-0.39, 0.29) is 6.04 Å². The third-order valence-corrected chi connectivity index (χ3v) is 2.62. The van der Waals surface area contributed by atoms with Gasteiger partial charge < -0.3 is 5.73 Å². The van der Waals surface area contributed by atoms with E-state index >= 15 is 0 Å². The molecule has 0 unspecified atom stereocenters. The van der Waals surface area contributed by atoms with Gasteiger partial charge in [-0.1, -0.05) is 30.3 Å². The normalized spacial score (nSPS) is 28.1. The standard InChI is InChI=1S/C11H15FN2/c12-10-7-14(8-11(10)13)6-9-4-2-1-3-5-9/h1-5,10-11H,6-8,13H2/t10-,11-/m1/s1. The van der Waals surface area contributed by atoms with Crippen LogP contribution in [0.1, 0.15) is 5.56 Å². The molecule has 0 spiro atoms. The molecule has 0 bridgehead atoms. The third-order valence-electron chi connectivity index (χ3n) is 2.62. The number of likely N-dealkylation sites (tertiary alicyclic amines) is 1. The summed E-state index contributed by atoms with van der Waals surface area (Å²) in [4.78, 5) is 2.06. The van der Waals surface area contributed by atoms with E-state index in [1.165, 1.54) is 5.56 Å². The van der Waals surface area contributed by atoms with Gasteiger partial charge in [0.05, 0.1) is 0 Å². The van der Waals surface area contributed by atoms with Crippen molar-refractivity contribution in [1.82, 2.24) is 4.90 Å². The van der Waals surface area contributed by atoms with Gasteiger partial charge in [0.25, 0.3) is 0 Å². The number of hydrogen-bond acceptors (Lipinski definition) is 2. The zero-order valence-corrected chi connectivity index (χ0v) is 8.07. The Labute approximate surface area is 83.5 Å². The zero-order chi connectivity index (χ0) is 9.97. The predicted octanol–water partition coefficient (Wildman–Crippen LogP) is 1.17. The number of benzene rings is 1. The molecule has 2 rings (SSSR count). The Morgan fingerprint density at radius 1 is 1.29 bits per heavy atom. The van der Waals surface area contributed by atoms with Crippen LogP contribution < -0.4 is 5.73 Å². The molecule has 1 aromatic carbocycles. The molecular formula is C11H15FN2. The lowest BCUT2D eigenvalue weighted by Gasteiger charge is -2.14. The summed E-state index contributed by atoms with van der Waals surface area (Å²) in [6, 6.07) is 9.78. The van der Waals surface area contributed by atoms with Gasteiger partial charge in [-0.2, -0.15) is 0 Å². The number of alkyl halides is 1. The molecule has 2 nitrogen and oxygen atoms in total. The quantitative estimate of drug-likeness (QED) is 0.765. The molecule has 76 valence electrons. The van der Waals surface area contributed by atoms with Crippen LogP contribution in [-0.2, 0) is 6.54 Å². The maximum Gasteiger partial charge on any atom is 0.129 e. The second kappa shape index (κ2) is 4.07. The summed E-state index contributed by atoms with van der Waals surface area (Å²) in [6.07, 6.45) is -0.862. The third kappa shape index (κ3) is 2.11. The van der Waals surface area contributed by atoms with Gasteiger partial charge in [-0.3, -0.25) is 4.90 Å². The first-order valence-corrected chi connectivity index (χ1v) is 4.91. The molecule has 0 radical (unpaired) electrons. The molecule has 1 fully saturated rings. The monoisotopic (exact) mass is 194 g/mol. The highest BCUT2D eigenvalue weighted by Crippen LogP contribution is 2.14. The number of hydrogen-bond donors (Lipinski definition) is 1. The van der Waals surface area contributed by atoms with Crippen molar-refractivity contribution < 1.29 is 4.39 Å². The molecule has 2 N–H and O–H groups in total. The molecule has 1 saturated heterocycles. The van der Waals surface area contributed by atoms with Crippen molar-refractivity contribution in [2.75, 3.05) is 13.1 Å². The number of rotatable bonds is 2. The van der Waals surface area contributed by atoms with Crippen LogP contribution in [0.4, 0.5) is 4.39 Å². The molecule has 1 aliphatic heterocycles. The van der Waals surface area contributed by atoms with Crippen LogP contribution in [0.3, 0.4) is 0 Å². The van der Waals surface area contributed by atoms with Gasteiger partial charge in [0.15, 0.2) is 0 Å². The van der Waals surface area contributed by atoms with Crippen molar-refractivity contribution in [2.45, 2.75) is 18.8 Å². The van der Waals surface area contributed by atoms with Crippen molar-refractivity contribution in [1.29, 1.82) is 0 Å². The molecule has 0 aliphatic carbocycles. The lowest BCUT2D eigenvalue weighted by Crippen LogP contribution is -2.30. The highest BCUT2D eigenvalue weighted by atomic mass is 19.1. The fraction of sp³-hybridized carbons (Fsp3) is 0.455. The van der Waals surface area contributed by atoms with E-state index in [1.54, 1.807) is 0 Å². The van der Waals surface area contributed by atoms with Crippen LogP contribution in [0.5, 0.6) is 0 Å². The van der Waals surface area contributed by atoms with Crippen molar-refractivity contribution in [3.8, 4) is 0 Å². The largest absolute Gasteiger partial charge is 0.324 e. The Morgan fingerprint density at radius 3 is 2.57 bits per heavy atom. The van der Waals surface area contributed by atoms with Crippen molar-refractivity contribution in [2.24, 2.45) is 5.73 Å². The summed E-state index contributed by atoms with van der Waals surface area (Å²) < 4.78 is 13.1. The van der Waals surface area contributed by atoms with E-state index in [1.807, 2.05) is 18.2 Å². The van der Waals surface area contributed by atoms with Crippen LogP contribution in [0.2, 0.25) is 0 Å². The van der Waals surface area contributed by atoms with Gasteiger partial charge in [0, 0.05) is 25.7 Å². The van der Waals surface area contributed by atoms with Crippen LogP contribution in [0.15, 0.2) is 30.3 Å². The molecule has 0 saturated carbocycles. The molecule has 0 aromatic heterocycles. The highest BCUT2D eigenvalue weighted by Gasteiger charge is 2.29. The SMILES string of the molecule is N[C@@H]1CN(Cc2ccccc2)C[C@H]1F. The van der Waals surface area contributed by atoms with E-state index in [9.17, 15) is 4.39 Å². The molecule has 2 atom stereocenters. The van der Waals surface area contributed by atoms with Crippen molar-refractivity contribution in [3.05, 3.63) is 35.9 Å². The summed E-state index contributed by atoms with van der Waals surface area (Å²) in [6.45, 7) is 1.93. The Kier molecular flexibility index (Phi) is 2.79. The molecule has 1 aromatic rings. The number of halogens is 1. The molecule has 14 heavy (non-hydrogen) atoms. The first-order valence-electron chi connectivity index (χ1n) is 4.91. The van der Waals surface area contributed by atoms with E-state index in [0.29, 0.717) is 13.1 Å².